The summed E-state index contributed by atoms with van der Waals surface area (Å²) in [5, 5.41) is 3.07. The number of thiazole rings is 1. The highest BCUT2D eigenvalue weighted by Gasteiger charge is 2.12. The fourth-order valence-electron chi connectivity index (χ4n) is 2.12. The molecule has 0 N–H and O–H groups in total. The first kappa shape index (κ1) is 12.1. The Morgan fingerprint density at radius 3 is 2.63 bits per heavy atom. The molecule has 0 aromatic carbocycles. The van der Waals surface area contributed by atoms with Gasteiger partial charge in [0.15, 0.2) is 0 Å². The van der Waals surface area contributed by atoms with Crippen molar-refractivity contribution in [2.45, 2.75) is 13.8 Å². The minimum Gasteiger partial charge on any atom is -0.351 e. The lowest BCUT2D eigenvalue weighted by atomic mass is 10.2. The summed E-state index contributed by atoms with van der Waals surface area (Å²) in [6.07, 6.45) is 1.80. The van der Waals surface area contributed by atoms with Gasteiger partial charge in [0.2, 0.25) is 0 Å². The van der Waals surface area contributed by atoms with E-state index in [0.717, 1.165) is 16.4 Å². The lowest BCUT2D eigenvalue weighted by Gasteiger charge is -2.00. The number of nitrogens with zero attached hydrogens (tertiary/aromatic N) is 3. The van der Waals surface area contributed by atoms with Gasteiger partial charge in [-0.05, 0) is 32.0 Å². The van der Waals surface area contributed by atoms with Gasteiger partial charge < -0.3 is 4.57 Å². The first-order valence-corrected chi connectivity index (χ1v) is 7.05. The first-order chi connectivity index (χ1) is 9.16. The molecule has 0 radical (unpaired) electrons. The van der Waals surface area contributed by atoms with E-state index in [4.69, 9.17) is 4.98 Å². The van der Waals surface area contributed by atoms with Gasteiger partial charge in [-0.3, -0.25) is 4.98 Å². The van der Waals surface area contributed by atoms with E-state index >= 15 is 0 Å². The highest BCUT2D eigenvalue weighted by Crippen LogP contribution is 2.30. The molecule has 0 bridgehead atoms. The van der Waals surface area contributed by atoms with Crippen molar-refractivity contribution in [3.63, 3.8) is 0 Å². The number of aryl methyl sites for hydroxylation is 1. The van der Waals surface area contributed by atoms with E-state index < -0.39 is 0 Å². The van der Waals surface area contributed by atoms with E-state index in [1.54, 1.807) is 17.5 Å². The van der Waals surface area contributed by atoms with E-state index in [1.807, 2.05) is 18.2 Å². The quantitative estimate of drug-likeness (QED) is 0.708. The average molecular weight is 269 g/mol. The lowest BCUT2D eigenvalue weighted by Crippen LogP contribution is -1.93. The zero-order chi connectivity index (χ0) is 13.4. The second-order valence-electron chi connectivity index (χ2n) is 4.60. The van der Waals surface area contributed by atoms with Crippen LogP contribution in [0.5, 0.6) is 0 Å². The van der Waals surface area contributed by atoms with E-state index in [-0.39, 0.29) is 0 Å². The van der Waals surface area contributed by atoms with Crippen LogP contribution in [0.1, 0.15) is 11.4 Å². The molecule has 0 saturated heterocycles. The molecule has 3 rings (SSSR count). The number of hydrogen-bond acceptors (Lipinski definition) is 3. The molecular formula is C15H15N3S. The van der Waals surface area contributed by atoms with E-state index in [2.05, 4.69) is 41.9 Å². The standard InChI is InChI=1S/C15H15N3S/c1-10-8-12(11(2)18(10)3)14-9-19-15(17-14)13-6-4-5-7-16-13/h4-9H,1-3H3. The third-order valence-electron chi connectivity index (χ3n) is 3.44. The Morgan fingerprint density at radius 1 is 1.16 bits per heavy atom. The molecule has 0 amide bonds. The summed E-state index contributed by atoms with van der Waals surface area (Å²) in [4.78, 5) is 9.05. The molecule has 0 unspecified atom stereocenters. The Kier molecular flexibility index (Phi) is 2.95. The zero-order valence-electron chi connectivity index (χ0n) is 11.2. The fraction of sp³-hybridized carbons (Fsp3) is 0.200. The maximum Gasteiger partial charge on any atom is 0.142 e. The molecule has 0 aliphatic heterocycles. The van der Waals surface area contributed by atoms with Crippen molar-refractivity contribution in [1.82, 2.24) is 14.5 Å². The van der Waals surface area contributed by atoms with Gasteiger partial charge in [0.1, 0.15) is 5.01 Å². The number of pyridine rings is 1. The maximum absolute atomic E-state index is 4.71. The SMILES string of the molecule is Cc1cc(-c2csc(-c3ccccn3)n2)c(C)n1C. The van der Waals surface area contributed by atoms with Crippen molar-refractivity contribution >= 4 is 11.3 Å². The van der Waals surface area contributed by atoms with Gasteiger partial charge in [0.25, 0.3) is 0 Å². The number of hydrogen-bond donors (Lipinski definition) is 0. The molecule has 3 aromatic rings. The van der Waals surface area contributed by atoms with Crippen LogP contribution in [0.15, 0.2) is 35.8 Å². The molecule has 96 valence electrons. The fourth-order valence-corrected chi connectivity index (χ4v) is 2.91. The van der Waals surface area contributed by atoms with Crippen molar-refractivity contribution < 1.29 is 0 Å². The van der Waals surface area contributed by atoms with Crippen LogP contribution in [0.2, 0.25) is 0 Å². The largest absolute Gasteiger partial charge is 0.351 e. The Morgan fingerprint density at radius 2 is 2.00 bits per heavy atom. The van der Waals surface area contributed by atoms with Gasteiger partial charge in [-0.15, -0.1) is 11.3 Å². The molecule has 0 spiro atoms. The lowest BCUT2D eigenvalue weighted by molar-refractivity contribution is 0.845. The van der Waals surface area contributed by atoms with Crippen molar-refractivity contribution in [2.24, 2.45) is 7.05 Å². The Balaban J connectivity index is 2.04. The molecule has 0 aliphatic carbocycles. The summed E-state index contributed by atoms with van der Waals surface area (Å²) in [6, 6.07) is 8.09. The van der Waals surface area contributed by atoms with E-state index in [0.29, 0.717) is 0 Å². The predicted octanol–water partition coefficient (Wildman–Crippen LogP) is 3.83. The molecule has 4 heteroatoms. The van der Waals surface area contributed by atoms with Crippen molar-refractivity contribution in [3.05, 3.63) is 47.2 Å². The van der Waals surface area contributed by atoms with Gasteiger partial charge in [-0.1, -0.05) is 6.07 Å². The Labute approximate surface area is 116 Å². The van der Waals surface area contributed by atoms with Crippen LogP contribution in [0.25, 0.3) is 22.0 Å². The predicted molar refractivity (Wildman–Crippen MR) is 79.2 cm³/mol. The van der Waals surface area contributed by atoms with Gasteiger partial charge in [0.05, 0.1) is 11.4 Å². The normalized spacial score (nSPS) is 10.9. The molecule has 3 heterocycles. The molecular weight excluding hydrogens is 254 g/mol. The van der Waals surface area contributed by atoms with Gasteiger partial charge in [0, 0.05) is 35.6 Å². The van der Waals surface area contributed by atoms with Gasteiger partial charge in [-0.25, -0.2) is 4.98 Å². The molecule has 0 saturated carbocycles. The minimum absolute atomic E-state index is 0.934. The van der Waals surface area contributed by atoms with Crippen LogP contribution in [0, 0.1) is 13.8 Å². The van der Waals surface area contributed by atoms with Crippen molar-refractivity contribution in [1.29, 1.82) is 0 Å². The monoisotopic (exact) mass is 269 g/mol. The second-order valence-corrected chi connectivity index (χ2v) is 5.45. The van der Waals surface area contributed by atoms with Gasteiger partial charge in [-0.2, -0.15) is 0 Å². The molecule has 0 fully saturated rings. The molecule has 0 atom stereocenters. The van der Waals surface area contributed by atoms with Crippen LogP contribution in [-0.2, 0) is 7.05 Å². The van der Waals surface area contributed by atoms with Crippen LogP contribution >= 0.6 is 11.3 Å². The van der Waals surface area contributed by atoms with Crippen LogP contribution in [-0.4, -0.2) is 14.5 Å². The summed E-state index contributed by atoms with van der Waals surface area (Å²) in [5.41, 5.74) is 5.67. The molecule has 3 nitrogen and oxygen atoms in total. The smallest absolute Gasteiger partial charge is 0.142 e. The van der Waals surface area contributed by atoms with Crippen LogP contribution < -0.4 is 0 Å². The average Bonchev–Trinajstić information content (AvgIpc) is 3.01. The topological polar surface area (TPSA) is 30.7 Å². The molecule has 0 aliphatic rings. The minimum atomic E-state index is 0.934. The van der Waals surface area contributed by atoms with Crippen molar-refractivity contribution in [2.75, 3.05) is 0 Å². The summed E-state index contributed by atoms with van der Waals surface area (Å²) >= 11 is 1.64. The first-order valence-electron chi connectivity index (χ1n) is 6.17. The van der Waals surface area contributed by atoms with E-state index in [9.17, 15) is 0 Å². The Bertz CT molecular complexity index is 710. The zero-order valence-corrected chi connectivity index (χ0v) is 12.0. The maximum atomic E-state index is 4.71. The Hall–Kier alpha value is -1.94. The highest BCUT2D eigenvalue weighted by atomic mass is 32.1. The summed E-state index contributed by atoms with van der Waals surface area (Å²) < 4.78 is 2.19. The van der Waals surface area contributed by atoms with Crippen LogP contribution in [0.3, 0.4) is 0 Å². The summed E-state index contributed by atoms with van der Waals surface area (Å²) in [5.74, 6) is 0. The second kappa shape index (κ2) is 4.63. The highest BCUT2D eigenvalue weighted by molar-refractivity contribution is 7.13. The van der Waals surface area contributed by atoms with E-state index in [1.165, 1.54) is 17.0 Å². The van der Waals surface area contributed by atoms with Crippen molar-refractivity contribution in [3.8, 4) is 22.0 Å². The third kappa shape index (κ3) is 2.08. The summed E-state index contributed by atoms with van der Waals surface area (Å²) in [6.45, 7) is 4.24. The van der Waals surface area contributed by atoms with Crippen LogP contribution in [0.4, 0.5) is 0 Å². The number of rotatable bonds is 2. The van der Waals surface area contributed by atoms with Gasteiger partial charge >= 0.3 is 0 Å². The number of aromatic nitrogens is 3. The molecule has 3 aromatic heterocycles. The summed E-state index contributed by atoms with van der Waals surface area (Å²) in [7, 11) is 2.08. The third-order valence-corrected chi connectivity index (χ3v) is 4.30. The molecule has 19 heavy (non-hydrogen) atoms.